The van der Waals surface area contributed by atoms with Gasteiger partial charge in [-0.3, -0.25) is 4.79 Å². The first kappa shape index (κ1) is 16.5. The van der Waals surface area contributed by atoms with Gasteiger partial charge in [0.1, 0.15) is 0 Å². The van der Waals surface area contributed by atoms with Crippen molar-refractivity contribution in [3.05, 3.63) is 41.8 Å². The average Bonchev–Trinajstić information content (AvgIpc) is 2.99. The van der Waals surface area contributed by atoms with E-state index in [-0.39, 0.29) is 29.6 Å². The van der Waals surface area contributed by atoms with Crippen molar-refractivity contribution in [3.8, 4) is 10.4 Å². The molecule has 1 aliphatic heterocycles. The molecule has 1 aromatic carbocycles. The van der Waals surface area contributed by atoms with E-state index < -0.39 is 0 Å². The molecule has 23 heavy (non-hydrogen) atoms. The molecule has 1 saturated heterocycles. The van der Waals surface area contributed by atoms with Gasteiger partial charge in [-0.25, -0.2) is 0 Å². The van der Waals surface area contributed by atoms with Crippen LogP contribution in [0.25, 0.3) is 10.4 Å². The Morgan fingerprint density at radius 1 is 1.17 bits per heavy atom. The van der Waals surface area contributed by atoms with Crippen LogP contribution >= 0.6 is 23.7 Å². The van der Waals surface area contributed by atoms with Gasteiger partial charge in [0.25, 0.3) is 0 Å². The fourth-order valence-corrected chi connectivity index (χ4v) is 4.42. The minimum Gasteiger partial charge on any atom is -0.325 e. The first-order chi connectivity index (χ1) is 10.8. The van der Waals surface area contributed by atoms with Crippen molar-refractivity contribution in [1.82, 2.24) is 5.32 Å². The molecule has 2 N–H and O–H groups in total. The number of halogens is 1. The summed E-state index contributed by atoms with van der Waals surface area (Å²) in [6.45, 7) is 2.10. The van der Waals surface area contributed by atoms with E-state index in [1.54, 1.807) is 11.3 Å². The first-order valence-corrected chi connectivity index (χ1v) is 8.81. The number of carbonyl (C=O) groups is 1. The fraction of sp³-hybridized carbons (Fsp3) is 0.389. The van der Waals surface area contributed by atoms with E-state index in [4.69, 9.17) is 0 Å². The number of para-hydroxylation sites is 1. The van der Waals surface area contributed by atoms with Crippen molar-refractivity contribution in [1.29, 1.82) is 0 Å². The third-order valence-corrected chi connectivity index (χ3v) is 5.98. The number of amides is 1. The van der Waals surface area contributed by atoms with Crippen LogP contribution in [0.1, 0.15) is 19.3 Å². The highest BCUT2D eigenvalue weighted by Gasteiger charge is 2.57. The Hall–Kier alpha value is -1.36. The average molecular weight is 349 g/mol. The van der Waals surface area contributed by atoms with Crippen molar-refractivity contribution < 1.29 is 4.79 Å². The highest BCUT2D eigenvalue weighted by Crippen LogP contribution is 2.58. The lowest BCUT2D eigenvalue weighted by molar-refractivity contribution is -0.118. The number of nitrogens with one attached hydrogen (secondary N) is 2. The Morgan fingerprint density at radius 3 is 2.70 bits per heavy atom. The Balaban J connectivity index is 0.00000156. The van der Waals surface area contributed by atoms with E-state index >= 15 is 0 Å². The first-order valence-electron chi connectivity index (χ1n) is 7.93. The van der Waals surface area contributed by atoms with Crippen LogP contribution in [0.3, 0.4) is 0 Å². The molecule has 1 atom stereocenters. The molecule has 4 rings (SSSR count). The van der Waals surface area contributed by atoms with Crippen LogP contribution in [-0.2, 0) is 4.79 Å². The number of thiophene rings is 1. The molecule has 1 aromatic heterocycles. The summed E-state index contributed by atoms with van der Waals surface area (Å²) in [5, 5.41) is 8.63. The lowest BCUT2D eigenvalue weighted by Crippen LogP contribution is -2.31. The van der Waals surface area contributed by atoms with E-state index in [2.05, 4.69) is 28.1 Å². The predicted molar refractivity (Wildman–Crippen MR) is 98.3 cm³/mol. The van der Waals surface area contributed by atoms with Crippen molar-refractivity contribution >= 4 is 35.3 Å². The Bertz CT molecular complexity index is 680. The largest absolute Gasteiger partial charge is 0.325 e. The lowest BCUT2D eigenvalue weighted by atomic mass is 9.91. The molecule has 2 aliphatic rings. The highest BCUT2D eigenvalue weighted by molar-refractivity contribution is 7.13. The molecular formula is C18H21ClN2OS. The molecule has 1 unspecified atom stereocenters. The maximum Gasteiger partial charge on any atom is 0.228 e. The number of hydrogen-bond acceptors (Lipinski definition) is 3. The van der Waals surface area contributed by atoms with Gasteiger partial charge in [-0.1, -0.05) is 24.3 Å². The predicted octanol–water partition coefficient (Wildman–Crippen LogP) is 4.17. The van der Waals surface area contributed by atoms with Crippen LogP contribution in [0.15, 0.2) is 41.8 Å². The maximum absolute atomic E-state index is 12.6. The second-order valence-corrected chi connectivity index (χ2v) is 7.33. The number of carbonyl (C=O) groups excluding carboxylic acids is 1. The standard InChI is InChI=1S/C18H20N2OS.ClH/c21-17(14-12-18(14)7-9-19-10-8-18)20-15-5-2-1-4-13(15)16-6-3-11-22-16;/h1-6,11,14,19H,7-10,12H2,(H,20,21);1H. The minimum atomic E-state index is 0. The number of benzene rings is 1. The second kappa shape index (κ2) is 6.63. The number of piperidine rings is 1. The van der Waals surface area contributed by atoms with E-state index in [0.29, 0.717) is 0 Å². The molecular weight excluding hydrogens is 328 g/mol. The minimum absolute atomic E-state index is 0. The summed E-state index contributed by atoms with van der Waals surface area (Å²) in [5.74, 6) is 0.400. The van der Waals surface area contributed by atoms with Gasteiger partial charge in [0.05, 0.1) is 0 Å². The summed E-state index contributed by atoms with van der Waals surface area (Å²) < 4.78 is 0. The molecule has 122 valence electrons. The highest BCUT2D eigenvalue weighted by atomic mass is 35.5. The van der Waals surface area contributed by atoms with Gasteiger partial charge in [-0.05, 0) is 55.3 Å². The molecule has 2 fully saturated rings. The lowest BCUT2D eigenvalue weighted by Gasteiger charge is -2.23. The summed E-state index contributed by atoms with van der Waals surface area (Å²) in [7, 11) is 0. The number of anilines is 1. The number of rotatable bonds is 3. The molecule has 3 nitrogen and oxygen atoms in total. The molecule has 1 amide bonds. The van der Waals surface area contributed by atoms with Crippen LogP contribution in [0.5, 0.6) is 0 Å². The van der Waals surface area contributed by atoms with Crippen molar-refractivity contribution in [3.63, 3.8) is 0 Å². The summed E-state index contributed by atoms with van der Waals surface area (Å²) in [5.41, 5.74) is 2.34. The van der Waals surface area contributed by atoms with Gasteiger partial charge in [-0.15, -0.1) is 23.7 Å². The van der Waals surface area contributed by atoms with Gasteiger partial charge in [0, 0.05) is 22.0 Å². The van der Waals surface area contributed by atoms with E-state index in [9.17, 15) is 4.79 Å². The Morgan fingerprint density at radius 2 is 1.96 bits per heavy atom. The summed E-state index contributed by atoms with van der Waals surface area (Å²) in [4.78, 5) is 13.8. The molecule has 5 heteroatoms. The van der Waals surface area contributed by atoms with Crippen LogP contribution < -0.4 is 10.6 Å². The van der Waals surface area contributed by atoms with Crippen LogP contribution in [0, 0.1) is 11.3 Å². The molecule has 2 aromatic rings. The summed E-state index contributed by atoms with van der Waals surface area (Å²) >= 11 is 1.70. The van der Waals surface area contributed by atoms with E-state index in [1.165, 1.54) is 4.88 Å². The van der Waals surface area contributed by atoms with Crippen molar-refractivity contribution in [2.24, 2.45) is 11.3 Å². The Labute approximate surface area is 146 Å². The summed E-state index contributed by atoms with van der Waals surface area (Å²) in [6, 6.07) is 12.2. The zero-order chi connectivity index (χ0) is 15.0. The molecule has 0 bridgehead atoms. The topological polar surface area (TPSA) is 41.1 Å². The molecule has 1 aliphatic carbocycles. The van der Waals surface area contributed by atoms with Crippen LogP contribution in [0.4, 0.5) is 5.69 Å². The van der Waals surface area contributed by atoms with Crippen molar-refractivity contribution in [2.75, 3.05) is 18.4 Å². The van der Waals surface area contributed by atoms with Crippen LogP contribution in [-0.4, -0.2) is 19.0 Å². The molecule has 2 heterocycles. The van der Waals surface area contributed by atoms with Gasteiger partial charge < -0.3 is 10.6 Å². The normalized spacial score (nSPS) is 21.5. The monoisotopic (exact) mass is 348 g/mol. The Kier molecular flexibility index (Phi) is 4.76. The van der Waals surface area contributed by atoms with Gasteiger partial charge in [-0.2, -0.15) is 0 Å². The maximum atomic E-state index is 12.6. The van der Waals surface area contributed by atoms with Gasteiger partial charge in [0.15, 0.2) is 0 Å². The second-order valence-electron chi connectivity index (χ2n) is 6.38. The SMILES string of the molecule is Cl.O=C(Nc1ccccc1-c1cccs1)C1CC12CCNCC2. The van der Waals surface area contributed by atoms with Gasteiger partial charge >= 0.3 is 0 Å². The molecule has 1 saturated carbocycles. The molecule has 0 radical (unpaired) electrons. The van der Waals surface area contributed by atoms with Gasteiger partial charge in [0.2, 0.25) is 5.91 Å². The van der Waals surface area contributed by atoms with Crippen LogP contribution in [0.2, 0.25) is 0 Å². The third-order valence-electron chi connectivity index (χ3n) is 5.08. The zero-order valence-corrected chi connectivity index (χ0v) is 14.5. The summed E-state index contributed by atoms with van der Waals surface area (Å²) in [6.07, 6.45) is 3.33. The zero-order valence-electron chi connectivity index (χ0n) is 12.9. The van der Waals surface area contributed by atoms with E-state index in [0.717, 1.165) is 43.6 Å². The third kappa shape index (κ3) is 3.16. The molecule has 1 spiro atoms. The van der Waals surface area contributed by atoms with Crippen molar-refractivity contribution in [2.45, 2.75) is 19.3 Å². The smallest absolute Gasteiger partial charge is 0.228 e. The number of hydrogen-bond donors (Lipinski definition) is 2. The quantitative estimate of drug-likeness (QED) is 0.874. The van der Waals surface area contributed by atoms with E-state index in [1.807, 2.05) is 24.3 Å². The fourth-order valence-electron chi connectivity index (χ4n) is 3.65.